The highest BCUT2D eigenvalue weighted by molar-refractivity contribution is 8.01. The highest BCUT2D eigenvalue weighted by atomic mass is 32.2. The van der Waals surface area contributed by atoms with Crippen LogP contribution in [-0.2, 0) is 0 Å². The summed E-state index contributed by atoms with van der Waals surface area (Å²) in [7, 11) is 3.51. The Balaban J connectivity index is 1.47. The highest BCUT2D eigenvalue weighted by Gasteiger charge is 2.15. The Morgan fingerprint density at radius 1 is 1.18 bits per heavy atom. The van der Waals surface area contributed by atoms with Crippen LogP contribution in [0.25, 0.3) is 10.2 Å². The van der Waals surface area contributed by atoms with E-state index in [0.29, 0.717) is 22.5 Å². The normalized spacial score (nSPS) is 11.3. The minimum absolute atomic E-state index is 0.0173. The number of nitro groups is 1. The van der Waals surface area contributed by atoms with Crippen molar-refractivity contribution in [3.05, 3.63) is 87.7 Å². The van der Waals surface area contributed by atoms with E-state index in [4.69, 9.17) is 0 Å². The standard InChI is InChI=1S/C24H19FN4O3S2/c1-28(2)20-10-3-15(11-21(20)29(31)32)13-26-18-8-9-19-23(12-18)34-24(27-19)33-14-22(30)16-4-6-17(25)7-5-16/h3-13H,14H2,1-2H3. The number of carbonyl (C=O) groups is 1. The van der Waals surface area contributed by atoms with E-state index in [1.165, 1.54) is 53.4 Å². The van der Waals surface area contributed by atoms with Gasteiger partial charge in [0.15, 0.2) is 10.1 Å². The predicted octanol–water partition coefficient (Wildman–Crippen LogP) is 6.14. The van der Waals surface area contributed by atoms with Crippen molar-refractivity contribution in [1.82, 2.24) is 4.98 Å². The average molecular weight is 495 g/mol. The Morgan fingerprint density at radius 3 is 2.65 bits per heavy atom. The van der Waals surface area contributed by atoms with E-state index in [1.54, 1.807) is 37.3 Å². The minimum atomic E-state index is -0.407. The number of hydrogen-bond donors (Lipinski definition) is 0. The minimum Gasteiger partial charge on any atom is -0.372 e. The number of thiazole rings is 1. The Kier molecular flexibility index (Phi) is 6.99. The Hall–Kier alpha value is -3.63. The molecule has 7 nitrogen and oxygen atoms in total. The lowest BCUT2D eigenvalue weighted by atomic mass is 10.1. The number of anilines is 1. The number of nitro benzene ring substituents is 1. The summed E-state index contributed by atoms with van der Waals surface area (Å²) in [5.74, 6) is -0.264. The van der Waals surface area contributed by atoms with Crippen LogP contribution in [0.5, 0.6) is 0 Å². The van der Waals surface area contributed by atoms with Crippen LogP contribution in [0.2, 0.25) is 0 Å². The lowest BCUT2D eigenvalue weighted by Gasteiger charge is -2.12. The fraction of sp³-hybridized carbons (Fsp3) is 0.125. The molecule has 4 aromatic rings. The van der Waals surface area contributed by atoms with Crippen LogP contribution in [-0.4, -0.2) is 41.8 Å². The molecule has 3 aromatic carbocycles. The van der Waals surface area contributed by atoms with Crippen molar-refractivity contribution in [2.75, 3.05) is 24.7 Å². The van der Waals surface area contributed by atoms with Crippen LogP contribution in [0, 0.1) is 15.9 Å². The number of carbonyl (C=O) groups excluding carboxylic acids is 1. The Morgan fingerprint density at radius 2 is 1.94 bits per heavy atom. The predicted molar refractivity (Wildman–Crippen MR) is 136 cm³/mol. The Bertz CT molecular complexity index is 1400. The van der Waals surface area contributed by atoms with Gasteiger partial charge in [-0.1, -0.05) is 17.8 Å². The molecule has 1 heterocycles. The van der Waals surface area contributed by atoms with Crippen molar-refractivity contribution in [1.29, 1.82) is 0 Å². The van der Waals surface area contributed by atoms with Crippen LogP contribution >= 0.6 is 23.1 Å². The largest absolute Gasteiger partial charge is 0.372 e. The number of ketones is 1. The molecule has 0 bridgehead atoms. The smallest absolute Gasteiger partial charge is 0.293 e. The fourth-order valence-corrected chi connectivity index (χ4v) is 5.17. The van der Waals surface area contributed by atoms with Gasteiger partial charge in [0.1, 0.15) is 11.5 Å². The highest BCUT2D eigenvalue weighted by Crippen LogP contribution is 2.32. The van der Waals surface area contributed by atoms with Gasteiger partial charge in [0.25, 0.3) is 5.69 Å². The topological polar surface area (TPSA) is 88.7 Å². The molecule has 0 saturated heterocycles. The number of halogens is 1. The van der Waals surface area contributed by atoms with Crippen molar-refractivity contribution in [3.8, 4) is 0 Å². The number of thioether (sulfide) groups is 1. The molecule has 0 aliphatic rings. The van der Waals surface area contributed by atoms with Gasteiger partial charge in [-0.25, -0.2) is 9.37 Å². The molecule has 0 saturated carbocycles. The average Bonchev–Trinajstić information content (AvgIpc) is 3.23. The van der Waals surface area contributed by atoms with Crippen LogP contribution < -0.4 is 4.90 Å². The lowest BCUT2D eigenvalue weighted by molar-refractivity contribution is -0.384. The van der Waals surface area contributed by atoms with Gasteiger partial charge >= 0.3 is 0 Å². The zero-order valence-corrected chi connectivity index (χ0v) is 19.9. The number of aromatic nitrogens is 1. The summed E-state index contributed by atoms with van der Waals surface area (Å²) in [6.07, 6.45) is 1.59. The van der Waals surface area contributed by atoms with Gasteiger partial charge in [0.2, 0.25) is 0 Å². The first-order valence-electron chi connectivity index (χ1n) is 10.1. The molecule has 172 valence electrons. The second-order valence-corrected chi connectivity index (χ2v) is 9.76. The first kappa shape index (κ1) is 23.5. The van der Waals surface area contributed by atoms with E-state index in [-0.39, 0.29) is 23.0 Å². The summed E-state index contributed by atoms with van der Waals surface area (Å²) in [5.41, 5.74) is 3.11. The molecule has 0 amide bonds. The fourth-order valence-electron chi connectivity index (χ4n) is 3.17. The molecule has 0 radical (unpaired) electrons. The van der Waals surface area contributed by atoms with Gasteiger partial charge in [0.05, 0.1) is 26.6 Å². The van der Waals surface area contributed by atoms with Gasteiger partial charge in [-0.2, -0.15) is 0 Å². The number of hydrogen-bond acceptors (Lipinski definition) is 8. The molecule has 0 aliphatic carbocycles. The number of Topliss-reactive ketones (excluding diaryl/α,β-unsaturated/α-hetero) is 1. The molecule has 0 aliphatic heterocycles. The van der Waals surface area contributed by atoms with E-state index in [1.807, 2.05) is 18.2 Å². The summed E-state index contributed by atoms with van der Waals surface area (Å²) in [4.78, 5) is 34.0. The molecule has 34 heavy (non-hydrogen) atoms. The van der Waals surface area contributed by atoms with E-state index < -0.39 is 4.92 Å². The molecule has 4 rings (SSSR count). The summed E-state index contributed by atoms with van der Waals surface area (Å²) >= 11 is 2.79. The molecule has 0 spiro atoms. The third-order valence-corrected chi connectivity index (χ3v) is 7.05. The second-order valence-electron chi connectivity index (χ2n) is 7.51. The molecule has 0 fully saturated rings. The van der Waals surface area contributed by atoms with Crippen LogP contribution in [0.1, 0.15) is 15.9 Å². The monoisotopic (exact) mass is 494 g/mol. The quantitative estimate of drug-likeness (QED) is 0.0962. The van der Waals surface area contributed by atoms with Crippen molar-refractivity contribution in [3.63, 3.8) is 0 Å². The SMILES string of the molecule is CN(C)c1ccc(C=Nc2ccc3nc(SCC(=O)c4ccc(F)cc4)sc3c2)cc1[N+](=O)[O-]. The number of aliphatic imine (C=N–C) groups is 1. The number of benzene rings is 3. The number of rotatable bonds is 8. The molecular formula is C24H19FN4O3S2. The number of nitrogens with zero attached hydrogens (tertiary/aromatic N) is 4. The van der Waals surface area contributed by atoms with Crippen LogP contribution in [0.4, 0.5) is 21.5 Å². The maximum absolute atomic E-state index is 13.0. The van der Waals surface area contributed by atoms with Gasteiger partial charge in [-0.05, 0) is 54.1 Å². The van der Waals surface area contributed by atoms with E-state index in [9.17, 15) is 19.3 Å². The van der Waals surface area contributed by atoms with Crippen LogP contribution in [0.3, 0.4) is 0 Å². The van der Waals surface area contributed by atoms with Gasteiger partial charge < -0.3 is 4.90 Å². The lowest BCUT2D eigenvalue weighted by Crippen LogP contribution is -2.11. The molecule has 0 N–H and O–H groups in total. The first-order chi connectivity index (χ1) is 16.3. The maximum atomic E-state index is 13.0. The Labute approximate surface area is 203 Å². The van der Waals surface area contributed by atoms with E-state index in [0.717, 1.165) is 14.6 Å². The van der Waals surface area contributed by atoms with Crippen molar-refractivity contribution in [2.45, 2.75) is 4.34 Å². The number of fused-ring (bicyclic) bond motifs is 1. The van der Waals surface area contributed by atoms with E-state index in [2.05, 4.69) is 9.98 Å². The summed E-state index contributed by atoms with van der Waals surface area (Å²) < 4.78 is 14.7. The molecular weight excluding hydrogens is 475 g/mol. The summed E-state index contributed by atoms with van der Waals surface area (Å²) in [6, 6.07) is 16.0. The third kappa shape index (κ3) is 5.46. The summed E-state index contributed by atoms with van der Waals surface area (Å²) in [5, 5.41) is 11.4. The first-order valence-corrected chi connectivity index (χ1v) is 11.9. The van der Waals surface area contributed by atoms with E-state index >= 15 is 0 Å². The van der Waals surface area contributed by atoms with Crippen molar-refractivity contribution < 1.29 is 14.1 Å². The van der Waals surface area contributed by atoms with Gasteiger partial charge in [0, 0.05) is 31.9 Å². The molecule has 0 atom stereocenters. The third-order valence-electron chi connectivity index (χ3n) is 4.89. The molecule has 1 aromatic heterocycles. The maximum Gasteiger partial charge on any atom is 0.293 e. The van der Waals surface area contributed by atoms with Crippen molar-refractivity contribution in [2.24, 2.45) is 4.99 Å². The van der Waals surface area contributed by atoms with Crippen LogP contribution in [0.15, 0.2) is 70.0 Å². The second kappa shape index (κ2) is 10.1. The van der Waals surface area contributed by atoms with Gasteiger partial charge in [-0.3, -0.25) is 19.9 Å². The zero-order chi connectivity index (χ0) is 24.2. The molecule has 10 heteroatoms. The van der Waals surface area contributed by atoms with Crippen molar-refractivity contribution >= 4 is 62.4 Å². The van der Waals surface area contributed by atoms with Gasteiger partial charge in [-0.15, -0.1) is 11.3 Å². The molecule has 0 unspecified atom stereocenters. The zero-order valence-electron chi connectivity index (χ0n) is 18.3. The summed E-state index contributed by atoms with van der Waals surface area (Å²) in [6.45, 7) is 0.